The second-order valence-electron chi connectivity index (χ2n) is 6.06. The van der Waals surface area contributed by atoms with Gasteiger partial charge in [0.1, 0.15) is 6.10 Å². The molecule has 2 rings (SSSR count). The number of hydrogen-bond acceptors (Lipinski definition) is 3. The van der Waals surface area contributed by atoms with Gasteiger partial charge in [-0.2, -0.15) is 0 Å². The largest absolute Gasteiger partial charge is 0.369 e. The number of likely N-dealkylation sites (N-methyl/N-ethyl adjacent to an activating group) is 1. The second-order valence-corrected chi connectivity index (χ2v) is 6.06. The lowest BCUT2D eigenvalue weighted by Crippen LogP contribution is -2.38. The monoisotopic (exact) mass is 306 g/mol. The average Bonchev–Trinajstić information content (AvgIpc) is 2.76. The van der Waals surface area contributed by atoms with Gasteiger partial charge in [0, 0.05) is 13.1 Å². The SMILES string of the molecule is CCC.CCN1CC(OCCN2CCCCC2)C(F)(F)C1. The summed E-state index contributed by atoms with van der Waals surface area (Å²) in [5.74, 6) is -2.68. The lowest BCUT2D eigenvalue weighted by Gasteiger charge is -2.27. The van der Waals surface area contributed by atoms with E-state index in [-0.39, 0.29) is 6.54 Å². The minimum absolute atomic E-state index is 0.155. The van der Waals surface area contributed by atoms with Crippen LogP contribution in [0.5, 0.6) is 0 Å². The molecule has 0 aromatic heterocycles. The number of hydrogen-bond donors (Lipinski definition) is 0. The molecule has 0 bridgehead atoms. The number of piperidine rings is 1. The fourth-order valence-electron chi connectivity index (χ4n) is 2.76. The molecule has 2 aliphatic heterocycles. The van der Waals surface area contributed by atoms with Crippen molar-refractivity contribution in [2.24, 2.45) is 0 Å². The van der Waals surface area contributed by atoms with Crippen LogP contribution in [-0.2, 0) is 4.74 Å². The Balaban J connectivity index is 0.000000677. The highest BCUT2D eigenvalue weighted by atomic mass is 19.3. The summed E-state index contributed by atoms with van der Waals surface area (Å²) in [6, 6.07) is 0. The van der Waals surface area contributed by atoms with E-state index in [9.17, 15) is 8.78 Å². The summed E-state index contributed by atoms with van der Waals surface area (Å²) in [6.07, 6.45) is 4.08. The Morgan fingerprint density at radius 1 is 1.05 bits per heavy atom. The van der Waals surface area contributed by atoms with E-state index < -0.39 is 12.0 Å². The van der Waals surface area contributed by atoms with Crippen LogP contribution in [0.25, 0.3) is 0 Å². The third kappa shape index (κ3) is 6.57. The molecule has 21 heavy (non-hydrogen) atoms. The lowest BCUT2D eigenvalue weighted by molar-refractivity contribution is -0.108. The van der Waals surface area contributed by atoms with E-state index in [1.54, 1.807) is 4.90 Å². The molecule has 2 aliphatic rings. The van der Waals surface area contributed by atoms with Gasteiger partial charge >= 0.3 is 0 Å². The zero-order valence-corrected chi connectivity index (χ0v) is 13.9. The summed E-state index contributed by atoms with van der Waals surface area (Å²) < 4.78 is 32.7. The van der Waals surface area contributed by atoms with Crippen LogP contribution in [0.15, 0.2) is 0 Å². The van der Waals surface area contributed by atoms with Crippen LogP contribution in [0.3, 0.4) is 0 Å². The molecule has 0 amide bonds. The summed E-state index contributed by atoms with van der Waals surface area (Å²) in [7, 11) is 0. The van der Waals surface area contributed by atoms with Gasteiger partial charge in [0.15, 0.2) is 0 Å². The maximum atomic E-state index is 13.6. The van der Waals surface area contributed by atoms with Crippen LogP contribution in [0.2, 0.25) is 0 Å². The molecule has 1 unspecified atom stereocenters. The Bertz CT molecular complexity index is 271. The fraction of sp³-hybridized carbons (Fsp3) is 1.00. The van der Waals surface area contributed by atoms with Crippen molar-refractivity contribution in [3.05, 3.63) is 0 Å². The molecule has 0 spiro atoms. The smallest absolute Gasteiger partial charge is 0.287 e. The highest BCUT2D eigenvalue weighted by molar-refractivity contribution is 4.91. The topological polar surface area (TPSA) is 15.7 Å². The molecular weight excluding hydrogens is 274 g/mol. The van der Waals surface area contributed by atoms with Crippen LogP contribution in [-0.4, -0.2) is 67.7 Å². The van der Waals surface area contributed by atoms with Crippen molar-refractivity contribution in [2.45, 2.75) is 58.5 Å². The molecule has 0 aromatic carbocycles. The number of nitrogens with zero attached hydrogens (tertiary/aromatic N) is 2. The summed E-state index contributed by atoms with van der Waals surface area (Å²) in [6.45, 7) is 10.4. The van der Waals surface area contributed by atoms with Crippen molar-refractivity contribution in [1.29, 1.82) is 0 Å². The van der Waals surface area contributed by atoms with Crippen molar-refractivity contribution in [1.82, 2.24) is 9.80 Å². The normalized spacial score (nSPS) is 26.4. The predicted molar refractivity (Wildman–Crippen MR) is 83.1 cm³/mol. The molecule has 2 saturated heterocycles. The van der Waals surface area contributed by atoms with Crippen molar-refractivity contribution in [2.75, 3.05) is 45.9 Å². The number of halogens is 2. The molecule has 0 aliphatic carbocycles. The van der Waals surface area contributed by atoms with Gasteiger partial charge in [-0.25, -0.2) is 8.78 Å². The van der Waals surface area contributed by atoms with Gasteiger partial charge in [-0.1, -0.05) is 33.6 Å². The van der Waals surface area contributed by atoms with Crippen molar-refractivity contribution < 1.29 is 13.5 Å². The van der Waals surface area contributed by atoms with Gasteiger partial charge in [0.05, 0.1) is 13.2 Å². The van der Waals surface area contributed by atoms with Crippen molar-refractivity contribution >= 4 is 0 Å². The van der Waals surface area contributed by atoms with Gasteiger partial charge < -0.3 is 9.64 Å². The molecule has 2 fully saturated rings. The zero-order valence-electron chi connectivity index (χ0n) is 13.9. The van der Waals surface area contributed by atoms with Crippen LogP contribution in [0, 0.1) is 0 Å². The Morgan fingerprint density at radius 2 is 1.67 bits per heavy atom. The van der Waals surface area contributed by atoms with Crippen LogP contribution in [0.4, 0.5) is 8.78 Å². The maximum Gasteiger partial charge on any atom is 0.287 e. The van der Waals surface area contributed by atoms with E-state index in [0.29, 0.717) is 19.7 Å². The average molecular weight is 306 g/mol. The van der Waals surface area contributed by atoms with Crippen LogP contribution in [0.1, 0.15) is 46.5 Å². The van der Waals surface area contributed by atoms with Gasteiger partial charge in [0.2, 0.25) is 0 Å². The molecule has 0 radical (unpaired) electrons. The van der Waals surface area contributed by atoms with Gasteiger partial charge in [-0.15, -0.1) is 0 Å². The summed E-state index contributed by atoms with van der Waals surface area (Å²) in [5, 5.41) is 0. The van der Waals surface area contributed by atoms with E-state index in [1.807, 2.05) is 6.92 Å². The molecule has 0 saturated carbocycles. The minimum atomic E-state index is -2.68. The van der Waals surface area contributed by atoms with Gasteiger partial charge in [-0.05, 0) is 32.5 Å². The van der Waals surface area contributed by atoms with Crippen LogP contribution >= 0.6 is 0 Å². The van der Waals surface area contributed by atoms with Crippen LogP contribution < -0.4 is 0 Å². The Kier molecular flexibility index (Phi) is 8.67. The quantitative estimate of drug-likeness (QED) is 0.775. The number of ether oxygens (including phenoxy) is 1. The Labute approximate surface area is 128 Å². The van der Waals surface area contributed by atoms with Crippen molar-refractivity contribution in [3.63, 3.8) is 0 Å². The molecular formula is C16H32F2N2O. The molecule has 3 nitrogen and oxygen atoms in total. The predicted octanol–water partition coefficient (Wildman–Crippen LogP) is 3.24. The third-order valence-corrected chi connectivity index (χ3v) is 3.95. The molecule has 0 aromatic rings. The first-order valence-electron chi connectivity index (χ1n) is 8.47. The third-order valence-electron chi connectivity index (χ3n) is 3.95. The van der Waals surface area contributed by atoms with Gasteiger partial charge in [-0.3, -0.25) is 4.90 Å². The molecule has 1 atom stereocenters. The number of alkyl halides is 2. The van der Waals surface area contributed by atoms with E-state index in [2.05, 4.69) is 18.7 Å². The molecule has 0 N–H and O–H groups in total. The van der Waals surface area contributed by atoms with E-state index in [0.717, 1.165) is 19.6 Å². The highest BCUT2D eigenvalue weighted by Crippen LogP contribution is 2.29. The Morgan fingerprint density at radius 3 is 2.19 bits per heavy atom. The highest BCUT2D eigenvalue weighted by Gasteiger charge is 2.48. The van der Waals surface area contributed by atoms with E-state index >= 15 is 0 Å². The summed E-state index contributed by atoms with van der Waals surface area (Å²) >= 11 is 0. The first kappa shape index (κ1) is 18.8. The summed E-state index contributed by atoms with van der Waals surface area (Å²) in [5.41, 5.74) is 0. The van der Waals surface area contributed by atoms with Crippen molar-refractivity contribution in [3.8, 4) is 0 Å². The molecule has 126 valence electrons. The standard InChI is InChI=1S/C13H24F2N2O.C3H8/c1-2-16-10-12(13(14,15)11-16)18-9-8-17-6-4-3-5-7-17;1-3-2/h12H,2-11H2,1H3;3H2,1-2H3. The fourth-order valence-corrected chi connectivity index (χ4v) is 2.76. The first-order valence-corrected chi connectivity index (χ1v) is 8.47. The minimum Gasteiger partial charge on any atom is -0.369 e. The first-order chi connectivity index (χ1) is 10.0. The Hall–Kier alpha value is -0.260. The molecule has 2 heterocycles. The lowest BCUT2D eigenvalue weighted by atomic mass is 10.1. The maximum absolute atomic E-state index is 13.6. The molecule has 5 heteroatoms. The second kappa shape index (κ2) is 9.70. The van der Waals surface area contributed by atoms with Gasteiger partial charge in [0.25, 0.3) is 5.92 Å². The summed E-state index contributed by atoms with van der Waals surface area (Å²) in [4.78, 5) is 4.07. The van der Waals surface area contributed by atoms with E-state index in [1.165, 1.54) is 25.7 Å². The zero-order chi connectivity index (χ0) is 15.7. The number of likely N-dealkylation sites (tertiary alicyclic amines) is 2. The van der Waals surface area contributed by atoms with E-state index in [4.69, 9.17) is 4.74 Å². The number of rotatable bonds is 5.